The van der Waals surface area contributed by atoms with Gasteiger partial charge in [-0.3, -0.25) is 9.59 Å². The van der Waals surface area contributed by atoms with Gasteiger partial charge in [0.2, 0.25) is 5.91 Å². The Hall–Kier alpha value is -1.43. The molecule has 0 bridgehead atoms. The number of nitrogens with one attached hydrogen (secondary N) is 1. The number of hydrogen-bond donors (Lipinski definition) is 2. The number of carbonyl (C=O) groups excluding carboxylic acids is 1. The van der Waals surface area contributed by atoms with Gasteiger partial charge in [0.1, 0.15) is 5.01 Å². The van der Waals surface area contributed by atoms with Crippen LogP contribution in [0, 0.1) is 0 Å². The lowest BCUT2D eigenvalue weighted by Crippen LogP contribution is -2.27. The SMILES string of the molecule is CCC(NC(=O)CCCCC(=O)O)c1nccs1. The van der Waals surface area contributed by atoms with E-state index in [9.17, 15) is 9.59 Å². The summed E-state index contributed by atoms with van der Waals surface area (Å²) >= 11 is 1.53. The van der Waals surface area contributed by atoms with Gasteiger partial charge >= 0.3 is 5.97 Å². The summed E-state index contributed by atoms with van der Waals surface area (Å²) in [4.78, 5) is 26.2. The number of rotatable bonds is 8. The summed E-state index contributed by atoms with van der Waals surface area (Å²) in [6, 6.07) is -0.0306. The number of carbonyl (C=O) groups is 2. The summed E-state index contributed by atoms with van der Waals surface area (Å²) in [5.74, 6) is -0.855. The average Bonchev–Trinajstić information content (AvgIpc) is 2.85. The van der Waals surface area contributed by atoms with Gasteiger partial charge < -0.3 is 10.4 Å². The normalized spacial score (nSPS) is 12.1. The topological polar surface area (TPSA) is 79.3 Å². The molecule has 1 rings (SSSR count). The highest BCUT2D eigenvalue weighted by molar-refractivity contribution is 7.09. The Morgan fingerprint density at radius 2 is 2.17 bits per heavy atom. The number of hydrogen-bond acceptors (Lipinski definition) is 4. The van der Waals surface area contributed by atoms with Crippen molar-refractivity contribution in [2.24, 2.45) is 0 Å². The van der Waals surface area contributed by atoms with Crippen LogP contribution in [0.2, 0.25) is 0 Å². The number of carboxylic acid groups (broad SMARTS) is 1. The van der Waals surface area contributed by atoms with Crippen LogP contribution in [-0.4, -0.2) is 22.0 Å². The third-order valence-corrected chi connectivity index (χ3v) is 3.43. The van der Waals surface area contributed by atoms with E-state index in [2.05, 4.69) is 10.3 Å². The highest BCUT2D eigenvalue weighted by Crippen LogP contribution is 2.18. The van der Waals surface area contributed by atoms with Gasteiger partial charge in [0.15, 0.2) is 0 Å². The van der Waals surface area contributed by atoms with E-state index in [0.717, 1.165) is 11.4 Å². The Bertz CT molecular complexity index is 379. The largest absolute Gasteiger partial charge is 0.481 e. The molecular formula is C12H18N2O3S. The molecule has 18 heavy (non-hydrogen) atoms. The predicted molar refractivity (Wildman–Crippen MR) is 69.4 cm³/mol. The fourth-order valence-electron chi connectivity index (χ4n) is 1.57. The monoisotopic (exact) mass is 270 g/mol. The summed E-state index contributed by atoms with van der Waals surface area (Å²) in [5, 5.41) is 14.2. The van der Waals surface area contributed by atoms with Crippen LogP contribution in [0.3, 0.4) is 0 Å². The molecule has 0 aromatic carbocycles. The number of carboxylic acids is 1. The second-order valence-electron chi connectivity index (χ2n) is 4.00. The zero-order chi connectivity index (χ0) is 13.4. The van der Waals surface area contributed by atoms with Gasteiger partial charge in [-0.1, -0.05) is 6.92 Å². The average molecular weight is 270 g/mol. The van der Waals surface area contributed by atoms with Crippen LogP contribution in [0.25, 0.3) is 0 Å². The molecule has 0 spiro atoms. The van der Waals surface area contributed by atoms with Crippen molar-refractivity contribution in [2.45, 2.75) is 45.1 Å². The van der Waals surface area contributed by atoms with Crippen LogP contribution in [0.1, 0.15) is 50.1 Å². The number of unbranched alkanes of at least 4 members (excludes halogenated alkanes) is 1. The molecule has 1 aromatic heterocycles. The summed E-state index contributed by atoms with van der Waals surface area (Å²) in [6.45, 7) is 2.00. The molecule has 0 aliphatic heterocycles. The summed E-state index contributed by atoms with van der Waals surface area (Å²) < 4.78 is 0. The highest BCUT2D eigenvalue weighted by Gasteiger charge is 2.14. The molecule has 5 nitrogen and oxygen atoms in total. The molecular weight excluding hydrogens is 252 g/mol. The minimum atomic E-state index is -0.815. The molecule has 1 atom stereocenters. The number of amides is 1. The van der Waals surface area contributed by atoms with Crippen molar-refractivity contribution < 1.29 is 14.7 Å². The maximum Gasteiger partial charge on any atom is 0.303 e. The van der Waals surface area contributed by atoms with E-state index in [0.29, 0.717) is 19.3 Å². The van der Waals surface area contributed by atoms with E-state index < -0.39 is 5.97 Å². The maximum atomic E-state index is 11.7. The molecule has 1 heterocycles. The Morgan fingerprint density at radius 3 is 2.72 bits per heavy atom. The van der Waals surface area contributed by atoms with Gasteiger partial charge in [0.05, 0.1) is 6.04 Å². The summed E-state index contributed by atoms with van der Waals surface area (Å²) in [5.41, 5.74) is 0. The first-order chi connectivity index (χ1) is 8.63. The van der Waals surface area contributed by atoms with Crippen molar-refractivity contribution >= 4 is 23.2 Å². The second kappa shape index (κ2) is 7.81. The van der Waals surface area contributed by atoms with Gasteiger partial charge in [-0.25, -0.2) is 4.98 Å². The van der Waals surface area contributed by atoms with Gasteiger partial charge in [-0.05, 0) is 19.3 Å². The lowest BCUT2D eigenvalue weighted by atomic mass is 10.1. The Morgan fingerprint density at radius 1 is 1.44 bits per heavy atom. The van der Waals surface area contributed by atoms with Crippen molar-refractivity contribution in [3.05, 3.63) is 16.6 Å². The van der Waals surface area contributed by atoms with Crippen molar-refractivity contribution in [1.29, 1.82) is 0 Å². The minimum absolute atomic E-state index is 0.0306. The zero-order valence-electron chi connectivity index (χ0n) is 10.4. The maximum absolute atomic E-state index is 11.7. The van der Waals surface area contributed by atoms with Crippen molar-refractivity contribution in [3.8, 4) is 0 Å². The van der Waals surface area contributed by atoms with Crippen LogP contribution >= 0.6 is 11.3 Å². The first-order valence-corrected chi connectivity index (χ1v) is 6.92. The van der Waals surface area contributed by atoms with Crippen molar-refractivity contribution in [1.82, 2.24) is 10.3 Å². The van der Waals surface area contributed by atoms with Crippen LogP contribution in [0.4, 0.5) is 0 Å². The Labute approximate surface area is 110 Å². The smallest absolute Gasteiger partial charge is 0.303 e. The molecule has 0 aliphatic rings. The fourth-order valence-corrected chi connectivity index (χ4v) is 2.35. The van der Waals surface area contributed by atoms with Gasteiger partial charge in [0.25, 0.3) is 0 Å². The summed E-state index contributed by atoms with van der Waals surface area (Å²) in [7, 11) is 0. The molecule has 1 unspecified atom stereocenters. The minimum Gasteiger partial charge on any atom is -0.481 e. The van der Waals surface area contributed by atoms with E-state index in [-0.39, 0.29) is 18.4 Å². The van der Waals surface area contributed by atoms with Crippen LogP contribution in [-0.2, 0) is 9.59 Å². The van der Waals surface area contributed by atoms with E-state index in [4.69, 9.17) is 5.11 Å². The third kappa shape index (κ3) is 5.27. The summed E-state index contributed by atoms with van der Waals surface area (Å²) in [6.07, 6.45) is 4.16. The Balaban J connectivity index is 2.28. The molecule has 2 N–H and O–H groups in total. The van der Waals surface area contributed by atoms with Gasteiger partial charge in [-0.2, -0.15) is 0 Å². The van der Waals surface area contributed by atoms with Gasteiger partial charge in [0, 0.05) is 24.4 Å². The number of thiazole rings is 1. The van der Waals surface area contributed by atoms with Crippen LogP contribution in [0.15, 0.2) is 11.6 Å². The second-order valence-corrected chi connectivity index (χ2v) is 4.93. The first-order valence-electron chi connectivity index (χ1n) is 6.04. The quantitative estimate of drug-likeness (QED) is 0.711. The molecule has 6 heteroatoms. The third-order valence-electron chi connectivity index (χ3n) is 2.54. The van der Waals surface area contributed by atoms with E-state index in [1.807, 2.05) is 12.3 Å². The zero-order valence-corrected chi connectivity index (χ0v) is 11.2. The van der Waals surface area contributed by atoms with Crippen molar-refractivity contribution in [2.75, 3.05) is 0 Å². The number of aromatic nitrogens is 1. The lowest BCUT2D eigenvalue weighted by Gasteiger charge is -2.14. The number of nitrogens with zero attached hydrogens (tertiary/aromatic N) is 1. The molecule has 0 saturated heterocycles. The van der Waals surface area contributed by atoms with Gasteiger partial charge in [-0.15, -0.1) is 11.3 Å². The molecule has 1 aromatic rings. The van der Waals surface area contributed by atoms with Crippen LogP contribution < -0.4 is 5.32 Å². The molecule has 0 saturated carbocycles. The molecule has 100 valence electrons. The first kappa shape index (κ1) is 14.6. The predicted octanol–water partition coefficient (Wildman–Crippen LogP) is 2.36. The lowest BCUT2D eigenvalue weighted by molar-refractivity contribution is -0.137. The van der Waals surface area contributed by atoms with E-state index in [1.165, 1.54) is 11.3 Å². The number of aliphatic carboxylic acids is 1. The highest BCUT2D eigenvalue weighted by atomic mass is 32.1. The fraction of sp³-hybridized carbons (Fsp3) is 0.583. The Kier molecular flexibility index (Phi) is 6.35. The molecule has 0 fully saturated rings. The van der Waals surface area contributed by atoms with E-state index in [1.54, 1.807) is 6.20 Å². The molecule has 0 aliphatic carbocycles. The van der Waals surface area contributed by atoms with E-state index >= 15 is 0 Å². The molecule has 1 amide bonds. The standard InChI is InChI=1S/C12H18N2O3S/c1-2-9(12-13-7-8-18-12)14-10(15)5-3-4-6-11(16)17/h7-9H,2-6H2,1H3,(H,14,15)(H,16,17). The van der Waals surface area contributed by atoms with Crippen LogP contribution in [0.5, 0.6) is 0 Å². The van der Waals surface area contributed by atoms with Crippen molar-refractivity contribution in [3.63, 3.8) is 0 Å². The molecule has 0 radical (unpaired) electrons.